The van der Waals surface area contributed by atoms with Crippen LogP contribution in [-0.2, 0) is 10.8 Å². The summed E-state index contributed by atoms with van der Waals surface area (Å²) in [5, 5.41) is 25.9. The van der Waals surface area contributed by atoms with Crippen molar-refractivity contribution in [1.82, 2.24) is 0 Å². The van der Waals surface area contributed by atoms with Crippen molar-refractivity contribution in [2.24, 2.45) is 47.0 Å². The topological polar surface area (TPSA) is 127 Å². The second kappa shape index (κ2) is 15.6. The molecule has 2 amide bonds. The molecule has 8 aliphatic carbocycles. The Kier molecular flexibility index (Phi) is 10.5. The van der Waals surface area contributed by atoms with Gasteiger partial charge >= 0.3 is 0 Å². The smallest absolute Gasteiger partial charge is 0.248 e. The molecule has 0 unspecified atom stereocenters. The second-order valence-electron chi connectivity index (χ2n) is 20.1. The Morgan fingerprint density at radius 2 is 0.677 bits per heavy atom. The fraction of sp³-hybridized carbons (Fsp3) is 0.393. The fourth-order valence-electron chi connectivity index (χ4n) is 14.3. The first kappa shape index (κ1) is 41.7. The van der Waals surface area contributed by atoms with Crippen LogP contribution in [0.1, 0.15) is 124 Å². The van der Waals surface area contributed by atoms with Crippen molar-refractivity contribution in [2.75, 3.05) is 0 Å². The highest BCUT2D eigenvalue weighted by Gasteiger charge is 2.53. The quantitative estimate of drug-likeness (QED) is 0.133. The third-order valence-electron chi connectivity index (χ3n) is 16.1. The van der Waals surface area contributed by atoms with Crippen molar-refractivity contribution < 1.29 is 19.8 Å². The summed E-state index contributed by atoms with van der Waals surface area (Å²) in [5.41, 5.74) is 19.2. The van der Waals surface area contributed by atoms with Gasteiger partial charge in [-0.3, -0.25) is 9.59 Å². The van der Waals surface area contributed by atoms with E-state index in [4.69, 9.17) is 11.5 Å². The van der Waals surface area contributed by atoms with Crippen molar-refractivity contribution in [3.05, 3.63) is 131 Å². The summed E-state index contributed by atoms with van der Waals surface area (Å²) >= 11 is 0. The molecular formula is C56H62N2O4. The number of hydrogen-bond donors (Lipinski definition) is 4. The van der Waals surface area contributed by atoms with Crippen LogP contribution in [0.25, 0.3) is 43.8 Å². The molecule has 0 heterocycles. The summed E-state index contributed by atoms with van der Waals surface area (Å²) in [6.45, 7) is 0. The molecule has 62 heavy (non-hydrogen) atoms. The van der Waals surface area contributed by atoms with Crippen LogP contribution >= 0.6 is 0 Å². The van der Waals surface area contributed by atoms with Gasteiger partial charge in [0, 0.05) is 22.3 Å². The Labute approximate surface area is 366 Å². The fourth-order valence-corrected chi connectivity index (χ4v) is 14.3. The highest BCUT2D eigenvalue weighted by atomic mass is 16.3. The molecule has 0 aliphatic heterocycles. The number of phenolic OH excluding ortho intramolecular Hbond substituents is 2. The van der Waals surface area contributed by atoms with E-state index in [0.717, 1.165) is 79.3 Å². The largest absolute Gasteiger partial charge is 0.508 e. The van der Waals surface area contributed by atoms with Gasteiger partial charge in [0.1, 0.15) is 11.5 Å². The first-order valence-electron chi connectivity index (χ1n) is 22.3. The van der Waals surface area contributed by atoms with E-state index in [9.17, 15) is 19.8 Å². The van der Waals surface area contributed by atoms with Crippen LogP contribution in [0.15, 0.2) is 109 Å². The van der Waals surface area contributed by atoms with E-state index in [1.54, 1.807) is 12.1 Å². The van der Waals surface area contributed by atoms with Crippen LogP contribution in [0, 0.1) is 35.5 Å². The Morgan fingerprint density at radius 1 is 0.403 bits per heavy atom. The van der Waals surface area contributed by atoms with Gasteiger partial charge in [0.05, 0.1) is 0 Å². The molecule has 0 spiro atoms. The number of nitrogens with two attached hydrogens (primary N) is 2. The van der Waals surface area contributed by atoms with Gasteiger partial charge in [-0.2, -0.15) is 0 Å². The van der Waals surface area contributed by atoms with E-state index in [1.165, 1.54) is 88.2 Å². The number of phenols is 2. The molecule has 8 bridgehead atoms. The number of primary amides is 2. The minimum absolute atomic E-state index is 0. The van der Waals surface area contributed by atoms with Crippen molar-refractivity contribution in [3.8, 4) is 33.8 Å². The number of benzene rings is 6. The lowest BCUT2D eigenvalue weighted by atomic mass is 9.48. The Balaban J connectivity index is 0.000000153. The van der Waals surface area contributed by atoms with Crippen LogP contribution in [0.2, 0.25) is 0 Å². The van der Waals surface area contributed by atoms with Crippen molar-refractivity contribution >= 4 is 33.4 Å². The van der Waals surface area contributed by atoms with E-state index >= 15 is 0 Å². The highest BCUT2D eigenvalue weighted by Crippen LogP contribution is 2.63. The number of aromatic hydroxyl groups is 2. The summed E-state index contributed by atoms with van der Waals surface area (Å²) in [6, 6.07) is 36.1. The summed E-state index contributed by atoms with van der Waals surface area (Å²) in [7, 11) is 0. The van der Waals surface area contributed by atoms with Gasteiger partial charge in [0.2, 0.25) is 11.8 Å². The molecular weight excluding hydrogens is 765 g/mol. The first-order valence-corrected chi connectivity index (χ1v) is 22.3. The predicted molar refractivity (Wildman–Crippen MR) is 252 cm³/mol. The van der Waals surface area contributed by atoms with Gasteiger partial charge in [-0.05, 0) is 228 Å². The van der Waals surface area contributed by atoms with Crippen LogP contribution in [0.3, 0.4) is 0 Å². The zero-order chi connectivity index (χ0) is 40.9. The molecule has 8 aliphatic rings. The third kappa shape index (κ3) is 7.23. The van der Waals surface area contributed by atoms with E-state index in [2.05, 4.69) is 36.4 Å². The number of hydrogen-bond acceptors (Lipinski definition) is 4. The average molecular weight is 827 g/mol. The number of fused-ring (bicyclic) bond motifs is 2. The second-order valence-corrected chi connectivity index (χ2v) is 20.1. The van der Waals surface area contributed by atoms with Crippen LogP contribution < -0.4 is 11.5 Å². The molecule has 6 nitrogen and oxygen atoms in total. The Hall–Kier alpha value is -5.62. The monoisotopic (exact) mass is 826 g/mol. The minimum atomic E-state index is -0.403. The van der Waals surface area contributed by atoms with E-state index in [-0.39, 0.29) is 25.7 Å². The molecule has 6 N–H and O–H groups in total. The molecule has 6 aromatic rings. The molecule has 8 fully saturated rings. The van der Waals surface area contributed by atoms with E-state index in [0.29, 0.717) is 22.6 Å². The number of carbonyl (C=O) groups is 2. The lowest BCUT2D eigenvalue weighted by Gasteiger charge is -2.57. The van der Waals surface area contributed by atoms with Crippen molar-refractivity contribution in [3.63, 3.8) is 0 Å². The molecule has 0 aromatic heterocycles. The van der Waals surface area contributed by atoms with E-state index in [1.807, 2.05) is 60.7 Å². The van der Waals surface area contributed by atoms with Gasteiger partial charge < -0.3 is 21.7 Å². The molecule has 0 atom stereocenters. The van der Waals surface area contributed by atoms with E-state index < -0.39 is 11.8 Å². The maximum Gasteiger partial charge on any atom is 0.248 e. The predicted octanol–water partition coefficient (Wildman–Crippen LogP) is 12.8. The van der Waals surface area contributed by atoms with Crippen LogP contribution in [0.5, 0.6) is 11.5 Å². The standard InChI is InChI=1S/2C27H27NO2.2CH4/c2*28-26(30)23-4-3-19-10-20(1-2-21(19)11-23)22-5-6-25(29)24(12-22)27-13-16-7-17(14-27)9-18(8-16)15-27;;/h2*1-6,10-12,16-18,29H,7-9,13-15H2,(H2,28,30);2*1H4. The average Bonchev–Trinajstić information content (AvgIpc) is 3.22. The minimum Gasteiger partial charge on any atom is -0.508 e. The van der Waals surface area contributed by atoms with Gasteiger partial charge in [-0.15, -0.1) is 0 Å². The maximum absolute atomic E-state index is 11.5. The lowest BCUT2D eigenvalue weighted by Crippen LogP contribution is -2.48. The third-order valence-corrected chi connectivity index (χ3v) is 16.1. The SMILES string of the molecule is C.C.NC(=O)c1ccc2cc(-c3ccc(O)c(C45CC6CC(CC(C6)C4)C5)c3)ccc2c1.NC(=O)c1ccc2cc(-c3ccc(O)c(C45CC6CC(CC(C6)C4)C5)c3)ccc2c1. The molecule has 6 aromatic carbocycles. The number of rotatable bonds is 6. The van der Waals surface area contributed by atoms with Gasteiger partial charge in [-0.1, -0.05) is 63.4 Å². The molecule has 0 radical (unpaired) electrons. The summed E-state index contributed by atoms with van der Waals surface area (Å²) in [5.74, 6) is 5.20. The Bertz CT molecular complexity index is 2470. The highest BCUT2D eigenvalue weighted by molar-refractivity contribution is 5.99. The zero-order valence-electron chi connectivity index (χ0n) is 34.2. The Morgan fingerprint density at radius 3 is 1.00 bits per heavy atom. The van der Waals surface area contributed by atoms with Crippen molar-refractivity contribution in [2.45, 2.75) is 103 Å². The summed E-state index contributed by atoms with van der Waals surface area (Å²) < 4.78 is 0. The zero-order valence-corrected chi connectivity index (χ0v) is 34.2. The summed E-state index contributed by atoms with van der Waals surface area (Å²) in [4.78, 5) is 22.9. The molecule has 320 valence electrons. The number of amides is 2. The van der Waals surface area contributed by atoms with Crippen LogP contribution in [-0.4, -0.2) is 22.0 Å². The first-order chi connectivity index (χ1) is 29.0. The molecule has 14 rings (SSSR count). The summed E-state index contributed by atoms with van der Waals surface area (Å²) in [6.07, 6.45) is 15.8. The molecule has 6 heteroatoms. The molecule has 0 saturated heterocycles. The normalized spacial score (nSPS) is 28.5. The number of carbonyl (C=O) groups excluding carboxylic acids is 2. The maximum atomic E-state index is 11.5. The lowest BCUT2D eigenvalue weighted by molar-refractivity contribution is -0.00626. The van der Waals surface area contributed by atoms with Crippen LogP contribution in [0.4, 0.5) is 0 Å². The molecule has 8 saturated carbocycles. The van der Waals surface area contributed by atoms with Gasteiger partial charge in [0.25, 0.3) is 0 Å². The van der Waals surface area contributed by atoms with Gasteiger partial charge in [0.15, 0.2) is 0 Å². The van der Waals surface area contributed by atoms with Gasteiger partial charge in [-0.25, -0.2) is 0 Å². The van der Waals surface area contributed by atoms with Crippen molar-refractivity contribution in [1.29, 1.82) is 0 Å².